The van der Waals surface area contributed by atoms with Gasteiger partial charge in [0.05, 0.1) is 6.54 Å². The Kier molecular flexibility index (Phi) is 5.75. The maximum Gasteiger partial charge on any atom is 0.326 e. The van der Waals surface area contributed by atoms with E-state index in [1.807, 2.05) is 0 Å². The molecule has 0 bridgehead atoms. The van der Waals surface area contributed by atoms with Gasteiger partial charge in [-0.25, -0.2) is 4.79 Å². The van der Waals surface area contributed by atoms with Crippen molar-refractivity contribution in [1.29, 1.82) is 0 Å². The number of aliphatic carboxylic acids is 1. The fourth-order valence-corrected chi connectivity index (χ4v) is 2.10. The first-order valence-electron chi connectivity index (χ1n) is 6.22. The van der Waals surface area contributed by atoms with Crippen LogP contribution >= 0.6 is 0 Å². The molecule has 0 spiro atoms. The van der Waals surface area contributed by atoms with Crippen LogP contribution in [0.1, 0.15) is 19.3 Å². The third kappa shape index (κ3) is 4.20. The molecular weight excluding hydrogens is 252 g/mol. The van der Waals surface area contributed by atoms with E-state index in [2.05, 4.69) is 0 Å². The predicted molar refractivity (Wildman–Crippen MR) is 66.5 cm³/mol. The number of carbonyl (C=O) groups excluding carboxylic acids is 2. The van der Waals surface area contributed by atoms with E-state index in [1.165, 1.54) is 24.0 Å². The van der Waals surface area contributed by atoms with E-state index in [0.29, 0.717) is 13.0 Å². The van der Waals surface area contributed by atoms with Gasteiger partial charge >= 0.3 is 5.97 Å². The van der Waals surface area contributed by atoms with Crippen LogP contribution in [-0.4, -0.2) is 72.6 Å². The molecule has 108 valence electrons. The molecule has 1 unspecified atom stereocenters. The lowest BCUT2D eigenvalue weighted by Crippen LogP contribution is -2.51. The number of likely N-dealkylation sites (N-methyl/N-ethyl adjacent to an activating group) is 1. The lowest BCUT2D eigenvalue weighted by molar-refractivity contribution is -0.153. The van der Waals surface area contributed by atoms with E-state index in [4.69, 9.17) is 9.84 Å². The van der Waals surface area contributed by atoms with Gasteiger partial charge in [0.2, 0.25) is 11.8 Å². The fraction of sp³-hybridized carbons (Fsp3) is 0.750. The second-order valence-corrected chi connectivity index (χ2v) is 4.62. The van der Waals surface area contributed by atoms with E-state index in [9.17, 15) is 14.4 Å². The number of hydrogen-bond donors (Lipinski definition) is 1. The Balaban J connectivity index is 2.60. The van der Waals surface area contributed by atoms with Crippen LogP contribution in [0, 0.1) is 0 Å². The summed E-state index contributed by atoms with van der Waals surface area (Å²) in [6, 6.07) is -0.771. The molecule has 2 amide bonds. The molecule has 0 aromatic rings. The first-order chi connectivity index (χ1) is 8.97. The van der Waals surface area contributed by atoms with Gasteiger partial charge in [-0.2, -0.15) is 0 Å². The van der Waals surface area contributed by atoms with Crippen LogP contribution in [0.2, 0.25) is 0 Å². The molecule has 7 heteroatoms. The van der Waals surface area contributed by atoms with E-state index in [-0.39, 0.29) is 25.0 Å². The van der Waals surface area contributed by atoms with E-state index >= 15 is 0 Å². The number of nitrogens with zero attached hydrogens (tertiary/aromatic N) is 2. The maximum atomic E-state index is 12.1. The van der Waals surface area contributed by atoms with Crippen LogP contribution in [0.3, 0.4) is 0 Å². The number of methoxy groups -OCH3 is 1. The van der Waals surface area contributed by atoms with Crippen LogP contribution in [0.4, 0.5) is 0 Å². The quantitative estimate of drug-likeness (QED) is 0.733. The van der Waals surface area contributed by atoms with Gasteiger partial charge < -0.3 is 19.6 Å². The molecule has 0 saturated carbocycles. The molecule has 0 radical (unpaired) electrons. The molecule has 1 rings (SSSR count). The van der Waals surface area contributed by atoms with E-state index in [1.54, 1.807) is 0 Å². The number of carboxylic acids is 1. The van der Waals surface area contributed by atoms with Crippen LogP contribution < -0.4 is 0 Å². The first kappa shape index (κ1) is 15.4. The summed E-state index contributed by atoms with van der Waals surface area (Å²) >= 11 is 0. The Morgan fingerprint density at radius 2 is 2.05 bits per heavy atom. The molecule has 0 aliphatic carbocycles. The Morgan fingerprint density at radius 1 is 1.37 bits per heavy atom. The molecule has 1 saturated heterocycles. The molecule has 1 atom stereocenters. The molecule has 0 aromatic heterocycles. The third-order valence-corrected chi connectivity index (χ3v) is 3.17. The monoisotopic (exact) mass is 272 g/mol. The van der Waals surface area contributed by atoms with Crippen LogP contribution in [0.25, 0.3) is 0 Å². The zero-order chi connectivity index (χ0) is 14.4. The van der Waals surface area contributed by atoms with Crippen molar-refractivity contribution in [2.24, 2.45) is 0 Å². The minimum absolute atomic E-state index is 0.0911. The van der Waals surface area contributed by atoms with Crippen molar-refractivity contribution in [3.05, 3.63) is 0 Å². The zero-order valence-electron chi connectivity index (χ0n) is 11.3. The second-order valence-electron chi connectivity index (χ2n) is 4.62. The van der Waals surface area contributed by atoms with E-state index in [0.717, 1.165) is 12.8 Å². The van der Waals surface area contributed by atoms with Gasteiger partial charge in [0, 0.05) is 20.7 Å². The molecule has 19 heavy (non-hydrogen) atoms. The van der Waals surface area contributed by atoms with Gasteiger partial charge in [-0.15, -0.1) is 0 Å². The van der Waals surface area contributed by atoms with Gasteiger partial charge in [0.15, 0.2) is 0 Å². The summed E-state index contributed by atoms with van der Waals surface area (Å²) in [5.41, 5.74) is 0. The Bertz CT molecular complexity index is 358. The SMILES string of the molecule is COCC(=O)N(C)CC(=O)N1CCCCC1C(=O)O. The highest BCUT2D eigenvalue weighted by Crippen LogP contribution is 2.17. The highest BCUT2D eigenvalue weighted by molar-refractivity contribution is 5.88. The number of likely N-dealkylation sites (tertiary alicyclic amines) is 1. The van der Waals surface area contributed by atoms with Gasteiger partial charge in [-0.05, 0) is 19.3 Å². The summed E-state index contributed by atoms with van der Waals surface area (Å²) in [4.78, 5) is 37.2. The first-order valence-corrected chi connectivity index (χ1v) is 6.22. The average molecular weight is 272 g/mol. The number of piperidine rings is 1. The second kappa shape index (κ2) is 7.08. The minimum atomic E-state index is -0.987. The molecule has 1 aliphatic heterocycles. The number of carbonyl (C=O) groups is 3. The summed E-state index contributed by atoms with van der Waals surface area (Å²) in [5, 5.41) is 9.09. The highest BCUT2D eigenvalue weighted by atomic mass is 16.5. The summed E-state index contributed by atoms with van der Waals surface area (Å²) in [6.07, 6.45) is 2.07. The number of amides is 2. The number of ether oxygens (including phenoxy) is 1. The lowest BCUT2D eigenvalue weighted by atomic mass is 10.0. The third-order valence-electron chi connectivity index (χ3n) is 3.17. The van der Waals surface area contributed by atoms with Crippen molar-refractivity contribution in [1.82, 2.24) is 9.80 Å². The fourth-order valence-electron chi connectivity index (χ4n) is 2.10. The minimum Gasteiger partial charge on any atom is -0.480 e. The van der Waals surface area contributed by atoms with Crippen LogP contribution in [0.5, 0.6) is 0 Å². The molecule has 0 aromatic carbocycles. The van der Waals surface area contributed by atoms with Gasteiger partial charge in [0.25, 0.3) is 0 Å². The number of carboxylic acid groups (broad SMARTS) is 1. The molecule has 1 N–H and O–H groups in total. The van der Waals surface area contributed by atoms with Gasteiger partial charge in [0.1, 0.15) is 12.6 Å². The number of hydrogen-bond acceptors (Lipinski definition) is 4. The van der Waals surface area contributed by atoms with Crippen molar-refractivity contribution in [2.75, 3.05) is 33.9 Å². The van der Waals surface area contributed by atoms with Crippen molar-refractivity contribution in [2.45, 2.75) is 25.3 Å². The number of rotatable bonds is 5. The van der Waals surface area contributed by atoms with E-state index < -0.39 is 12.0 Å². The topological polar surface area (TPSA) is 87.2 Å². The highest BCUT2D eigenvalue weighted by Gasteiger charge is 2.32. The van der Waals surface area contributed by atoms with Crippen molar-refractivity contribution in [3.8, 4) is 0 Å². The average Bonchev–Trinajstić information content (AvgIpc) is 2.38. The summed E-state index contributed by atoms with van der Waals surface area (Å²) in [5.74, 6) is -1.63. The smallest absolute Gasteiger partial charge is 0.326 e. The maximum absolute atomic E-state index is 12.1. The normalized spacial score (nSPS) is 19.1. The largest absolute Gasteiger partial charge is 0.480 e. The van der Waals surface area contributed by atoms with Crippen molar-refractivity contribution in [3.63, 3.8) is 0 Å². The van der Waals surface area contributed by atoms with Gasteiger partial charge in [-0.3, -0.25) is 9.59 Å². The molecule has 7 nitrogen and oxygen atoms in total. The standard InChI is InChI=1S/C12H20N2O5/c1-13(11(16)8-19-2)7-10(15)14-6-4-3-5-9(14)12(17)18/h9H,3-8H2,1-2H3,(H,17,18). The van der Waals surface area contributed by atoms with Crippen LogP contribution in [0.15, 0.2) is 0 Å². The van der Waals surface area contributed by atoms with Crippen LogP contribution in [-0.2, 0) is 19.1 Å². The summed E-state index contributed by atoms with van der Waals surface area (Å²) in [6.45, 7) is 0.222. The summed E-state index contributed by atoms with van der Waals surface area (Å²) in [7, 11) is 2.90. The molecular formula is C12H20N2O5. The molecule has 1 fully saturated rings. The van der Waals surface area contributed by atoms with Crippen molar-refractivity contribution < 1.29 is 24.2 Å². The molecule has 1 aliphatic rings. The Morgan fingerprint density at radius 3 is 2.63 bits per heavy atom. The predicted octanol–water partition coefficient (Wildman–Crippen LogP) is -0.443. The van der Waals surface area contributed by atoms with Gasteiger partial charge in [-0.1, -0.05) is 0 Å². The summed E-state index contributed by atoms with van der Waals surface area (Å²) < 4.78 is 4.70. The lowest BCUT2D eigenvalue weighted by Gasteiger charge is -2.34. The van der Waals surface area contributed by atoms with Crippen molar-refractivity contribution >= 4 is 17.8 Å². The molecule has 1 heterocycles. The zero-order valence-corrected chi connectivity index (χ0v) is 11.3. The Hall–Kier alpha value is -1.63. The Labute approximate surface area is 112 Å².